The fraction of sp³-hybridized carbons (Fsp3) is 0.562. The largest absolute Gasteiger partial charge is 0.382 e. The molecule has 2 aliphatic carbocycles. The highest BCUT2D eigenvalue weighted by Gasteiger charge is 2.47. The number of allylic oxidation sites excluding steroid dienone is 3. The van der Waals surface area contributed by atoms with Crippen molar-refractivity contribution in [2.45, 2.75) is 45.1 Å². The molecule has 0 saturated heterocycles. The molecule has 0 heterocycles. The lowest BCUT2D eigenvalue weighted by atomic mass is 9.77. The average Bonchev–Trinajstić information content (AvgIpc) is 2.64. The van der Waals surface area contributed by atoms with E-state index in [4.69, 9.17) is 0 Å². The molecule has 4 heteroatoms. The van der Waals surface area contributed by atoms with Crippen LogP contribution in [0.25, 0.3) is 0 Å². The van der Waals surface area contributed by atoms with E-state index in [1.54, 1.807) is 13.0 Å². The van der Waals surface area contributed by atoms with Crippen LogP contribution in [0.2, 0.25) is 0 Å². The molecule has 3 atom stereocenters. The van der Waals surface area contributed by atoms with Crippen LogP contribution in [0.4, 0.5) is 0 Å². The molecule has 0 aromatic heterocycles. The fourth-order valence-corrected chi connectivity index (χ4v) is 3.03. The molecule has 2 rings (SSSR count). The van der Waals surface area contributed by atoms with Gasteiger partial charge in [0.25, 0.3) is 0 Å². The molecule has 20 heavy (non-hydrogen) atoms. The van der Waals surface area contributed by atoms with Gasteiger partial charge in [-0.1, -0.05) is 12.7 Å². The molecule has 0 aliphatic heterocycles. The molecule has 1 saturated carbocycles. The second-order valence-electron chi connectivity index (χ2n) is 6.06. The zero-order chi connectivity index (χ0) is 15.1. The van der Waals surface area contributed by atoms with Crippen LogP contribution < -0.4 is 0 Å². The van der Waals surface area contributed by atoms with Gasteiger partial charge in [-0.2, -0.15) is 0 Å². The van der Waals surface area contributed by atoms with E-state index in [0.29, 0.717) is 17.6 Å². The predicted octanol–water partition coefficient (Wildman–Crippen LogP) is 1.77. The van der Waals surface area contributed by atoms with E-state index in [-0.39, 0.29) is 36.6 Å². The maximum absolute atomic E-state index is 12.5. The number of carbonyl (C=O) groups excluding carboxylic acids is 3. The summed E-state index contributed by atoms with van der Waals surface area (Å²) >= 11 is 0. The molecule has 0 bridgehead atoms. The summed E-state index contributed by atoms with van der Waals surface area (Å²) in [5.41, 5.74) is -0.479. The summed E-state index contributed by atoms with van der Waals surface area (Å²) in [7, 11) is 0. The van der Waals surface area contributed by atoms with Gasteiger partial charge in [-0.05, 0) is 37.8 Å². The number of Topliss-reactive ketones (excluding diaryl/α,β-unsaturated/α-hetero) is 3. The summed E-state index contributed by atoms with van der Waals surface area (Å²) in [6.45, 7) is 6.95. The molecule has 0 amide bonds. The van der Waals surface area contributed by atoms with Crippen LogP contribution in [0, 0.1) is 11.8 Å². The van der Waals surface area contributed by atoms with Gasteiger partial charge in [0.1, 0.15) is 5.60 Å². The molecular weight excluding hydrogens is 256 g/mol. The average molecular weight is 276 g/mol. The summed E-state index contributed by atoms with van der Waals surface area (Å²) in [6, 6.07) is 0. The standard InChI is InChI=1S/C16H20O4/c1-9-5-4-6-16(3,20)15(19)12-8-14(18)10(2)11(12)7-13(9)17/h5,11-12,20H,2,4,6-8H2,1,3H3. The highest BCUT2D eigenvalue weighted by atomic mass is 16.3. The van der Waals surface area contributed by atoms with E-state index in [2.05, 4.69) is 6.58 Å². The molecule has 1 N–H and O–H groups in total. The van der Waals surface area contributed by atoms with Crippen molar-refractivity contribution in [2.24, 2.45) is 11.8 Å². The third-order valence-corrected chi connectivity index (χ3v) is 4.49. The summed E-state index contributed by atoms with van der Waals surface area (Å²) in [5, 5.41) is 10.3. The van der Waals surface area contributed by atoms with Gasteiger partial charge in [-0.15, -0.1) is 0 Å². The molecule has 3 unspecified atom stereocenters. The number of fused-ring (bicyclic) bond motifs is 1. The van der Waals surface area contributed by atoms with Gasteiger partial charge in [0.2, 0.25) is 0 Å². The van der Waals surface area contributed by atoms with Crippen LogP contribution >= 0.6 is 0 Å². The molecular formula is C16H20O4. The minimum Gasteiger partial charge on any atom is -0.382 e. The molecule has 0 aromatic rings. The molecule has 4 nitrogen and oxygen atoms in total. The summed E-state index contributed by atoms with van der Waals surface area (Å²) in [4.78, 5) is 36.4. The third-order valence-electron chi connectivity index (χ3n) is 4.49. The Morgan fingerprint density at radius 3 is 2.45 bits per heavy atom. The van der Waals surface area contributed by atoms with Gasteiger partial charge in [-0.25, -0.2) is 0 Å². The van der Waals surface area contributed by atoms with E-state index < -0.39 is 17.4 Å². The van der Waals surface area contributed by atoms with Crippen molar-refractivity contribution in [3.63, 3.8) is 0 Å². The maximum atomic E-state index is 12.5. The van der Waals surface area contributed by atoms with Gasteiger partial charge >= 0.3 is 0 Å². The maximum Gasteiger partial charge on any atom is 0.168 e. The first kappa shape index (κ1) is 14.9. The highest BCUT2D eigenvalue weighted by Crippen LogP contribution is 2.40. The summed E-state index contributed by atoms with van der Waals surface area (Å²) in [5.74, 6) is -1.63. The van der Waals surface area contributed by atoms with Crippen LogP contribution in [-0.2, 0) is 14.4 Å². The first-order valence-corrected chi connectivity index (χ1v) is 6.92. The second-order valence-corrected chi connectivity index (χ2v) is 6.06. The van der Waals surface area contributed by atoms with Crippen LogP contribution in [0.3, 0.4) is 0 Å². The first-order valence-electron chi connectivity index (χ1n) is 6.92. The first-order chi connectivity index (χ1) is 9.24. The van der Waals surface area contributed by atoms with Gasteiger partial charge in [0.05, 0.1) is 0 Å². The zero-order valence-corrected chi connectivity index (χ0v) is 11.9. The Hall–Kier alpha value is -1.55. The van der Waals surface area contributed by atoms with E-state index in [0.717, 1.165) is 0 Å². The molecule has 0 spiro atoms. The van der Waals surface area contributed by atoms with Crippen LogP contribution in [0.5, 0.6) is 0 Å². The number of aliphatic hydroxyl groups is 1. The molecule has 2 aliphatic rings. The SMILES string of the molecule is C=C1C(=O)CC2C(=O)C(C)(O)CCC=C(C)C(=O)CC12. The van der Waals surface area contributed by atoms with E-state index >= 15 is 0 Å². The van der Waals surface area contributed by atoms with Crippen LogP contribution in [-0.4, -0.2) is 28.1 Å². The zero-order valence-electron chi connectivity index (χ0n) is 11.9. The summed E-state index contributed by atoms with van der Waals surface area (Å²) in [6.07, 6.45) is 2.68. The molecule has 1 fully saturated rings. The highest BCUT2D eigenvalue weighted by molar-refractivity contribution is 6.06. The van der Waals surface area contributed by atoms with Gasteiger partial charge in [0.15, 0.2) is 17.3 Å². The number of hydrogen-bond donors (Lipinski definition) is 1. The van der Waals surface area contributed by atoms with Crippen molar-refractivity contribution in [2.75, 3.05) is 0 Å². The van der Waals surface area contributed by atoms with Gasteiger partial charge in [-0.3, -0.25) is 14.4 Å². The Morgan fingerprint density at radius 2 is 1.80 bits per heavy atom. The number of rotatable bonds is 0. The number of ketones is 3. The van der Waals surface area contributed by atoms with E-state index in [1.807, 2.05) is 0 Å². The fourth-order valence-electron chi connectivity index (χ4n) is 3.03. The lowest BCUT2D eigenvalue weighted by Crippen LogP contribution is -2.41. The Balaban J connectivity index is 2.42. The molecule has 0 radical (unpaired) electrons. The van der Waals surface area contributed by atoms with Crippen LogP contribution in [0.15, 0.2) is 23.8 Å². The van der Waals surface area contributed by atoms with Crippen molar-refractivity contribution in [3.05, 3.63) is 23.8 Å². The molecule has 108 valence electrons. The monoisotopic (exact) mass is 276 g/mol. The van der Waals surface area contributed by atoms with Crippen LogP contribution in [0.1, 0.15) is 39.5 Å². The lowest BCUT2D eigenvalue weighted by Gasteiger charge is -2.28. The second kappa shape index (κ2) is 5.09. The smallest absolute Gasteiger partial charge is 0.168 e. The third kappa shape index (κ3) is 2.52. The van der Waals surface area contributed by atoms with E-state index in [1.165, 1.54) is 6.92 Å². The number of hydrogen-bond acceptors (Lipinski definition) is 4. The topological polar surface area (TPSA) is 71.4 Å². The normalized spacial score (nSPS) is 35.9. The van der Waals surface area contributed by atoms with Crippen molar-refractivity contribution in [1.82, 2.24) is 0 Å². The van der Waals surface area contributed by atoms with Crippen molar-refractivity contribution >= 4 is 17.3 Å². The van der Waals surface area contributed by atoms with Gasteiger partial charge < -0.3 is 5.11 Å². The predicted molar refractivity (Wildman–Crippen MR) is 74.0 cm³/mol. The Kier molecular flexibility index (Phi) is 3.78. The van der Waals surface area contributed by atoms with Gasteiger partial charge in [0, 0.05) is 24.7 Å². The Labute approximate surface area is 118 Å². The lowest BCUT2D eigenvalue weighted by molar-refractivity contribution is -0.142. The minimum atomic E-state index is -1.45. The van der Waals surface area contributed by atoms with E-state index in [9.17, 15) is 19.5 Å². The van der Waals surface area contributed by atoms with Crippen molar-refractivity contribution < 1.29 is 19.5 Å². The number of carbonyl (C=O) groups is 3. The Morgan fingerprint density at radius 1 is 1.20 bits per heavy atom. The van der Waals surface area contributed by atoms with Crippen molar-refractivity contribution in [1.29, 1.82) is 0 Å². The molecule has 0 aromatic carbocycles. The quantitative estimate of drug-likeness (QED) is 0.684. The summed E-state index contributed by atoms with van der Waals surface area (Å²) < 4.78 is 0. The Bertz CT molecular complexity index is 525. The minimum absolute atomic E-state index is 0.0507. The van der Waals surface area contributed by atoms with Crippen molar-refractivity contribution in [3.8, 4) is 0 Å².